The van der Waals surface area contributed by atoms with Gasteiger partial charge in [-0.25, -0.2) is 4.79 Å². The number of rotatable bonds is 10. The van der Waals surface area contributed by atoms with E-state index in [1.807, 2.05) is 31.2 Å². The molecular formula is C24H31N3O5. The Hall–Kier alpha value is -3.55. The van der Waals surface area contributed by atoms with E-state index in [0.717, 1.165) is 16.7 Å². The molecule has 4 N–H and O–H groups in total. The maximum absolute atomic E-state index is 12.9. The van der Waals surface area contributed by atoms with Crippen LogP contribution >= 0.6 is 0 Å². The standard InChI is InChI=1S/C24H31N3O5/c1-15(2)32-23(29)14-21(17-8-10-19(31-4)11-9-17)26-22(28)13-20(27-24(25)30)18-7-5-6-16(3)12-18/h5-12,15,20-21H,13-14H2,1-4H3,(H,26,28)(H3,25,27,30). The predicted octanol–water partition coefficient (Wildman–Crippen LogP) is 3.30. The van der Waals surface area contributed by atoms with Gasteiger partial charge in [-0.3, -0.25) is 9.59 Å². The molecule has 0 aliphatic heterocycles. The van der Waals surface area contributed by atoms with E-state index in [2.05, 4.69) is 10.6 Å². The van der Waals surface area contributed by atoms with Crippen LogP contribution in [0.4, 0.5) is 4.79 Å². The van der Waals surface area contributed by atoms with E-state index in [4.69, 9.17) is 15.2 Å². The monoisotopic (exact) mass is 441 g/mol. The molecule has 2 aromatic carbocycles. The molecule has 0 aliphatic carbocycles. The lowest BCUT2D eigenvalue weighted by Gasteiger charge is -2.22. The number of nitrogens with two attached hydrogens (primary N) is 1. The lowest BCUT2D eigenvalue weighted by atomic mass is 9.99. The highest BCUT2D eigenvalue weighted by atomic mass is 16.5. The number of carbonyl (C=O) groups excluding carboxylic acids is 3. The molecular weight excluding hydrogens is 410 g/mol. The van der Waals surface area contributed by atoms with Crippen LogP contribution < -0.4 is 21.1 Å². The fourth-order valence-corrected chi connectivity index (χ4v) is 3.32. The topological polar surface area (TPSA) is 120 Å². The van der Waals surface area contributed by atoms with Gasteiger partial charge in [-0.05, 0) is 44.0 Å². The van der Waals surface area contributed by atoms with Crippen molar-refractivity contribution in [3.63, 3.8) is 0 Å². The Kier molecular flexibility index (Phi) is 9.07. The average molecular weight is 442 g/mol. The zero-order valence-electron chi connectivity index (χ0n) is 18.9. The van der Waals surface area contributed by atoms with Crippen LogP contribution in [0.2, 0.25) is 0 Å². The summed E-state index contributed by atoms with van der Waals surface area (Å²) >= 11 is 0. The van der Waals surface area contributed by atoms with Crippen molar-refractivity contribution in [2.24, 2.45) is 5.73 Å². The lowest BCUT2D eigenvalue weighted by Crippen LogP contribution is -2.38. The van der Waals surface area contributed by atoms with E-state index in [1.165, 1.54) is 0 Å². The van der Waals surface area contributed by atoms with Crippen molar-refractivity contribution in [3.8, 4) is 5.75 Å². The molecule has 172 valence electrons. The lowest BCUT2D eigenvalue weighted by molar-refractivity contribution is -0.148. The highest BCUT2D eigenvalue weighted by Crippen LogP contribution is 2.23. The van der Waals surface area contributed by atoms with Crippen molar-refractivity contribution >= 4 is 17.9 Å². The van der Waals surface area contributed by atoms with Gasteiger partial charge in [-0.15, -0.1) is 0 Å². The molecule has 0 bridgehead atoms. The normalized spacial score (nSPS) is 12.5. The van der Waals surface area contributed by atoms with Gasteiger partial charge in [0, 0.05) is 0 Å². The van der Waals surface area contributed by atoms with Crippen LogP contribution in [0.25, 0.3) is 0 Å². The number of ether oxygens (including phenoxy) is 2. The van der Waals surface area contributed by atoms with Crippen molar-refractivity contribution in [1.82, 2.24) is 10.6 Å². The van der Waals surface area contributed by atoms with Gasteiger partial charge in [0.25, 0.3) is 0 Å². The minimum atomic E-state index is -0.725. The van der Waals surface area contributed by atoms with Gasteiger partial charge in [0.1, 0.15) is 5.75 Å². The summed E-state index contributed by atoms with van der Waals surface area (Å²) in [5, 5.41) is 5.51. The largest absolute Gasteiger partial charge is 0.497 e. The maximum Gasteiger partial charge on any atom is 0.312 e. The molecule has 0 heterocycles. The summed E-state index contributed by atoms with van der Waals surface area (Å²) in [6.07, 6.45) is -0.340. The minimum absolute atomic E-state index is 0.0331. The second kappa shape index (κ2) is 11.7. The van der Waals surface area contributed by atoms with Crippen molar-refractivity contribution in [1.29, 1.82) is 0 Å². The molecule has 3 amide bonds. The number of carbonyl (C=O) groups is 3. The quantitative estimate of drug-likeness (QED) is 0.489. The molecule has 0 saturated carbocycles. The summed E-state index contributed by atoms with van der Waals surface area (Å²) in [4.78, 5) is 36.7. The van der Waals surface area contributed by atoms with E-state index in [1.54, 1.807) is 45.2 Å². The number of esters is 1. The van der Waals surface area contributed by atoms with Gasteiger partial charge in [-0.2, -0.15) is 0 Å². The molecule has 0 aliphatic rings. The van der Waals surface area contributed by atoms with Crippen LogP contribution in [0, 0.1) is 6.92 Å². The Balaban J connectivity index is 2.20. The molecule has 2 unspecified atom stereocenters. The number of benzene rings is 2. The third kappa shape index (κ3) is 7.94. The fraction of sp³-hybridized carbons (Fsp3) is 0.375. The summed E-state index contributed by atoms with van der Waals surface area (Å²) in [7, 11) is 1.56. The van der Waals surface area contributed by atoms with Gasteiger partial charge >= 0.3 is 12.0 Å². The highest BCUT2D eigenvalue weighted by molar-refractivity contribution is 5.80. The highest BCUT2D eigenvalue weighted by Gasteiger charge is 2.23. The van der Waals surface area contributed by atoms with Crippen LogP contribution in [-0.4, -0.2) is 31.1 Å². The molecule has 2 rings (SSSR count). The van der Waals surface area contributed by atoms with Crippen LogP contribution in [0.3, 0.4) is 0 Å². The summed E-state index contributed by atoms with van der Waals surface area (Å²) < 4.78 is 10.4. The zero-order chi connectivity index (χ0) is 23.7. The maximum atomic E-state index is 12.9. The van der Waals surface area contributed by atoms with E-state index in [9.17, 15) is 14.4 Å². The van der Waals surface area contributed by atoms with Gasteiger partial charge in [0.05, 0.1) is 38.1 Å². The summed E-state index contributed by atoms with van der Waals surface area (Å²) in [5.74, 6) is -0.108. The molecule has 0 spiro atoms. The summed E-state index contributed by atoms with van der Waals surface area (Å²) in [6.45, 7) is 5.45. The number of aryl methyl sites for hydroxylation is 1. The van der Waals surface area contributed by atoms with Crippen LogP contribution in [-0.2, 0) is 14.3 Å². The van der Waals surface area contributed by atoms with Gasteiger partial charge in [0.2, 0.25) is 5.91 Å². The number of nitrogens with one attached hydrogen (secondary N) is 2. The summed E-state index contributed by atoms with van der Waals surface area (Å²) in [5.41, 5.74) is 7.81. The molecule has 8 heteroatoms. The number of hydrogen-bond donors (Lipinski definition) is 3. The van der Waals surface area contributed by atoms with Crippen LogP contribution in [0.15, 0.2) is 48.5 Å². The number of primary amides is 1. The second-order valence-electron chi connectivity index (χ2n) is 7.82. The van der Waals surface area contributed by atoms with E-state index < -0.39 is 24.1 Å². The van der Waals surface area contributed by atoms with Crippen molar-refractivity contribution < 1.29 is 23.9 Å². The summed E-state index contributed by atoms with van der Waals surface area (Å²) in [6, 6.07) is 12.6. The molecule has 8 nitrogen and oxygen atoms in total. The number of hydrogen-bond acceptors (Lipinski definition) is 5. The molecule has 0 aromatic heterocycles. The molecule has 0 radical (unpaired) electrons. The average Bonchev–Trinajstić information content (AvgIpc) is 2.72. The minimum Gasteiger partial charge on any atom is -0.497 e. The Labute approximate surface area is 188 Å². The second-order valence-corrected chi connectivity index (χ2v) is 7.82. The first-order chi connectivity index (χ1) is 15.2. The number of methoxy groups -OCH3 is 1. The first kappa shape index (κ1) is 24.7. The third-order valence-corrected chi connectivity index (χ3v) is 4.74. The molecule has 0 saturated heterocycles. The number of urea groups is 1. The van der Waals surface area contributed by atoms with E-state index in [-0.39, 0.29) is 24.9 Å². The van der Waals surface area contributed by atoms with E-state index in [0.29, 0.717) is 5.75 Å². The van der Waals surface area contributed by atoms with E-state index >= 15 is 0 Å². The van der Waals surface area contributed by atoms with Crippen LogP contribution in [0.1, 0.15) is 55.5 Å². The Morgan fingerprint density at radius 1 is 0.938 bits per heavy atom. The van der Waals surface area contributed by atoms with Crippen molar-refractivity contribution in [2.45, 2.75) is 51.8 Å². The first-order valence-corrected chi connectivity index (χ1v) is 10.4. The third-order valence-electron chi connectivity index (χ3n) is 4.74. The first-order valence-electron chi connectivity index (χ1n) is 10.4. The molecule has 32 heavy (non-hydrogen) atoms. The fourth-order valence-electron chi connectivity index (χ4n) is 3.32. The smallest absolute Gasteiger partial charge is 0.312 e. The number of amides is 3. The Morgan fingerprint density at radius 2 is 1.59 bits per heavy atom. The molecule has 2 atom stereocenters. The van der Waals surface area contributed by atoms with Crippen molar-refractivity contribution in [2.75, 3.05) is 7.11 Å². The molecule has 0 fully saturated rings. The molecule has 2 aromatic rings. The van der Waals surface area contributed by atoms with Crippen molar-refractivity contribution in [3.05, 3.63) is 65.2 Å². The van der Waals surface area contributed by atoms with Crippen LogP contribution in [0.5, 0.6) is 5.75 Å². The Bertz CT molecular complexity index is 927. The van der Waals surface area contributed by atoms with Gasteiger partial charge in [0.15, 0.2) is 0 Å². The Morgan fingerprint density at radius 3 is 2.16 bits per heavy atom. The zero-order valence-corrected chi connectivity index (χ0v) is 18.9. The SMILES string of the molecule is COc1ccc(C(CC(=O)OC(C)C)NC(=O)CC(NC(N)=O)c2cccc(C)c2)cc1. The van der Waals surface area contributed by atoms with Gasteiger partial charge in [-0.1, -0.05) is 42.0 Å². The predicted molar refractivity (Wildman–Crippen MR) is 121 cm³/mol. The van der Waals surface area contributed by atoms with Gasteiger partial charge < -0.3 is 25.8 Å².